The largest absolute Gasteiger partial charge is 0.390 e. The molecule has 110 valence electrons. The number of rotatable bonds is 3. The highest BCUT2D eigenvalue weighted by Crippen LogP contribution is 2.33. The molecule has 2 atom stereocenters. The number of carbonyl (C=O) groups is 1. The first-order chi connectivity index (χ1) is 9.02. The molecule has 4 nitrogen and oxygen atoms in total. The Morgan fingerprint density at radius 2 is 2.05 bits per heavy atom. The molecule has 1 heterocycles. The van der Waals surface area contributed by atoms with Gasteiger partial charge in [0.15, 0.2) is 0 Å². The molecule has 1 saturated heterocycles. The summed E-state index contributed by atoms with van der Waals surface area (Å²) < 4.78 is 0. The normalized spacial score (nSPS) is 31.2. The van der Waals surface area contributed by atoms with Crippen LogP contribution in [0.5, 0.6) is 0 Å². The third-order valence-electron chi connectivity index (χ3n) is 4.86. The first-order valence-corrected chi connectivity index (χ1v) is 7.73. The summed E-state index contributed by atoms with van der Waals surface area (Å²) in [5.74, 6) is 1.16. The summed E-state index contributed by atoms with van der Waals surface area (Å²) in [5, 5.41) is 9.94. The molecule has 0 aromatic heterocycles. The van der Waals surface area contributed by atoms with Crippen molar-refractivity contribution in [2.45, 2.75) is 57.5 Å². The van der Waals surface area contributed by atoms with Crippen molar-refractivity contribution in [3.63, 3.8) is 0 Å². The molecular weight excluding hydrogens is 240 g/mol. The fraction of sp³-hybridized carbons (Fsp3) is 0.933. The molecule has 2 unspecified atom stereocenters. The molecule has 1 aliphatic carbocycles. The summed E-state index contributed by atoms with van der Waals surface area (Å²) in [7, 11) is 0. The molecule has 1 saturated carbocycles. The Kier molecular flexibility index (Phi) is 4.85. The van der Waals surface area contributed by atoms with Crippen LogP contribution in [0.2, 0.25) is 0 Å². The SMILES string of the molecule is CC1(O)CCN(C(=O)C2CCCC(CCN)C2)CC1. The number of nitrogens with zero attached hydrogens (tertiary/aromatic N) is 1. The quantitative estimate of drug-likeness (QED) is 0.815. The Labute approximate surface area is 116 Å². The van der Waals surface area contributed by atoms with Gasteiger partial charge in [-0.05, 0) is 51.5 Å². The molecule has 2 fully saturated rings. The van der Waals surface area contributed by atoms with Crippen molar-refractivity contribution in [2.24, 2.45) is 17.6 Å². The predicted molar refractivity (Wildman–Crippen MR) is 75.6 cm³/mol. The molecule has 0 spiro atoms. The Morgan fingerprint density at radius 1 is 1.37 bits per heavy atom. The van der Waals surface area contributed by atoms with E-state index in [0.29, 0.717) is 37.8 Å². The fourth-order valence-electron chi connectivity index (χ4n) is 3.48. The zero-order valence-corrected chi connectivity index (χ0v) is 12.1. The summed E-state index contributed by atoms with van der Waals surface area (Å²) in [6.45, 7) is 4.03. The van der Waals surface area contributed by atoms with Crippen molar-refractivity contribution in [3.8, 4) is 0 Å². The first kappa shape index (κ1) is 14.8. The molecule has 1 amide bonds. The number of nitrogens with two attached hydrogens (primary N) is 1. The van der Waals surface area contributed by atoms with Crippen molar-refractivity contribution < 1.29 is 9.90 Å². The molecule has 1 aliphatic heterocycles. The molecular formula is C15H28N2O2. The minimum absolute atomic E-state index is 0.202. The van der Waals surface area contributed by atoms with Gasteiger partial charge in [0.25, 0.3) is 0 Å². The van der Waals surface area contributed by atoms with Crippen molar-refractivity contribution in [2.75, 3.05) is 19.6 Å². The van der Waals surface area contributed by atoms with Gasteiger partial charge in [0.1, 0.15) is 0 Å². The Balaban J connectivity index is 1.85. The van der Waals surface area contributed by atoms with Gasteiger partial charge in [-0.25, -0.2) is 0 Å². The Morgan fingerprint density at radius 3 is 2.68 bits per heavy atom. The van der Waals surface area contributed by atoms with Crippen LogP contribution in [0.25, 0.3) is 0 Å². The monoisotopic (exact) mass is 268 g/mol. The highest BCUT2D eigenvalue weighted by Gasteiger charge is 2.34. The van der Waals surface area contributed by atoms with Crippen LogP contribution in [0.3, 0.4) is 0 Å². The van der Waals surface area contributed by atoms with Crippen LogP contribution in [0.15, 0.2) is 0 Å². The van der Waals surface area contributed by atoms with Crippen LogP contribution in [0.4, 0.5) is 0 Å². The predicted octanol–water partition coefficient (Wildman–Crippen LogP) is 1.51. The van der Waals surface area contributed by atoms with Crippen LogP contribution >= 0.6 is 0 Å². The van der Waals surface area contributed by atoms with Crippen LogP contribution in [0, 0.1) is 11.8 Å². The van der Waals surface area contributed by atoms with Crippen molar-refractivity contribution >= 4 is 5.91 Å². The molecule has 2 rings (SSSR count). The topological polar surface area (TPSA) is 66.6 Å². The lowest BCUT2D eigenvalue weighted by molar-refractivity contribution is -0.140. The number of amides is 1. The summed E-state index contributed by atoms with van der Waals surface area (Å²) in [5.41, 5.74) is 5.05. The molecule has 4 heteroatoms. The molecule has 0 aromatic rings. The number of piperidine rings is 1. The maximum absolute atomic E-state index is 12.5. The summed E-state index contributed by atoms with van der Waals surface area (Å²) in [6, 6.07) is 0. The lowest BCUT2D eigenvalue weighted by Crippen LogP contribution is -2.47. The Bertz CT molecular complexity index is 305. The maximum Gasteiger partial charge on any atom is 0.225 e. The summed E-state index contributed by atoms with van der Waals surface area (Å²) in [4.78, 5) is 14.5. The van der Waals surface area contributed by atoms with Gasteiger partial charge in [0, 0.05) is 19.0 Å². The van der Waals surface area contributed by atoms with E-state index in [1.54, 1.807) is 0 Å². The van der Waals surface area contributed by atoms with Crippen molar-refractivity contribution in [1.82, 2.24) is 4.90 Å². The zero-order valence-electron chi connectivity index (χ0n) is 12.1. The van der Waals surface area contributed by atoms with Crippen LogP contribution in [-0.2, 0) is 4.79 Å². The summed E-state index contributed by atoms with van der Waals surface area (Å²) in [6.07, 6.45) is 6.91. The van der Waals surface area contributed by atoms with E-state index in [-0.39, 0.29) is 5.92 Å². The van der Waals surface area contributed by atoms with Gasteiger partial charge in [-0.2, -0.15) is 0 Å². The number of hydrogen-bond donors (Lipinski definition) is 2. The maximum atomic E-state index is 12.5. The van der Waals surface area contributed by atoms with Gasteiger partial charge < -0.3 is 15.7 Å². The van der Waals surface area contributed by atoms with Gasteiger partial charge in [0.05, 0.1) is 5.60 Å². The molecule has 19 heavy (non-hydrogen) atoms. The minimum atomic E-state index is -0.578. The lowest BCUT2D eigenvalue weighted by Gasteiger charge is -2.39. The lowest BCUT2D eigenvalue weighted by atomic mass is 9.79. The third kappa shape index (κ3) is 3.93. The number of likely N-dealkylation sites (tertiary alicyclic amines) is 1. The highest BCUT2D eigenvalue weighted by molar-refractivity contribution is 5.79. The van der Waals surface area contributed by atoms with E-state index in [0.717, 1.165) is 32.2 Å². The average Bonchev–Trinajstić information content (AvgIpc) is 2.39. The van der Waals surface area contributed by atoms with E-state index in [1.807, 2.05) is 11.8 Å². The van der Waals surface area contributed by atoms with Gasteiger partial charge in [-0.15, -0.1) is 0 Å². The first-order valence-electron chi connectivity index (χ1n) is 7.73. The molecule has 3 N–H and O–H groups in total. The van der Waals surface area contributed by atoms with Crippen molar-refractivity contribution in [1.29, 1.82) is 0 Å². The number of carbonyl (C=O) groups excluding carboxylic acids is 1. The van der Waals surface area contributed by atoms with Gasteiger partial charge >= 0.3 is 0 Å². The van der Waals surface area contributed by atoms with E-state index in [4.69, 9.17) is 5.73 Å². The van der Waals surface area contributed by atoms with Crippen molar-refractivity contribution in [3.05, 3.63) is 0 Å². The second-order valence-electron chi connectivity index (χ2n) is 6.63. The zero-order chi connectivity index (χ0) is 13.9. The second kappa shape index (κ2) is 6.23. The number of hydrogen-bond acceptors (Lipinski definition) is 3. The molecule has 0 bridgehead atoms. The van der Waals surface area contributed by atoms with E-state index < -0.39 is 5.60 Å². The fourth-order valence-corrected chi connectivity index (χ4v) is 3.48. The molecule has 0 aromatic carbocycles. The Hall–Kier alpha value is -0.610. The van der Waals surface area contributed by atoms with E-state index in [2.05, 4.69) is 0 Å². The van der Waals surface area contributed by atoms with Gasteiger partial charge in [-0.3, -0.25) is 4.79 Å². The second-order valence-corrected chi connectivity index (χ2v) is 6.63. The van der Waals surface area contributed by atoms with E-state index in [1.165, 1.54) is 6.42 Å². The molecule has 2 aliphatic rings. The summed E-state index contributed by atoms with van der Waals surface area (Å²) >= 11 is 0. The average molecular weight is 268 g/mol. The highest BCUT2D eigenvalue weighted by atomic mass is 16.3. The number of aliphatic hydroxyl groups is 1. The van der Waals surface area contributed by atoms with Crippen LogP contribution in [-0.4, -0.2) is 41.1 Å². The standard InChI is InChI=1S/C15H28N2O2/c1-15(19)6-9-17(10-7-15)14(18)13-4-2-3-12(11-13)5-8-16/h12-13,19H,2-11,16H2,1H3. The van der Waals surface area contributed by atoms with E-state index >= 15 is 0 Å². The third-order valence-corrected chi connectivity index (χ3v) is 4.86. The van der Waals surface area contributed by atoms with Gasteiger partial charge in [-0.1, -0.05) is 12.8 Å². The van der Waals surface area contributed by atoms with E-state index in [9.17, 15) is 9.90 Å². The van der Waals surface area contributed by atoms with Gasteiger partial charge in [0.2, 0.25) is 5.91 Å². The van der Waals surface area contributed by atoms with Crippen LogP contribution in [0.1, 0.15) is 51.9 Å². The smallest absolute Gasteiger partial charge is 0.225 e. The minimum Gasteiger partial charge on any atom is -0.390 e. The molecule has 0 radical (unpaired) electrons. The van der Waals surface area contributed by atoms with Crippen LogP contribution < -0.4 is 5.73 Å².